The van der Waals surface area contributed by atoms with Crippen LogP contribution in [0.2, 0.25) is 0 Å². The molecule has 0 aromatic carbocycles. The Bertz CT molecular complexity index is 147. The molecule has 13 heavy (non-hydrogen) atoms. The molecule has 0 radical (unpaired) electrons. The molecular formula is C12H24S. The van der Waals surface area contributed by atoms with Crippen LogP contribution in [0.5, 0.6) is 0 Å². The molecule has 0 saturated carbocycles. The van der Waals surface area contributed by atoms with E-state index in [0.29, 0.717) is 0 Å². The summed E-state index contributed by atoms with van der Waals surface area (Å²) in [7, 11) is 0. The lowest BCUT2D eigenvalue weighted by Crippen LogP contribution is -2.12. The Hall–Kier alpha value is 0.0900. The molecule has 0 aliphatic heterocycles. The molecule has 0 N–H and O–H groups in total. The Morgan fingerprint density at radius 3 is 2.00 bits per heavy atom. The zero-order valence-electron chi connectivity index (χ0n) is 9.76. The first-order chi connectivity index (χ1) is 5.97. The molecule has 0 aromatic heterocycles. The molecule has 0 aliphatic rings. The Morgan fingerprint density at radius 2 is 1.69 bits per heavy atom. The average Bonchev–Trinajstić information content (AvgIpc) is 1.98. The number of hydrogen-bond donors (Lipinski definition) is 0. The van der Waals surface area contributed by atoms with Crippen LogP contribution in [-0.2, 0) is 0 Å². The lowest BCUT2D eigenvalue weighted by molar-refractivity contribution is 0.568. The molecule has 0 aromatic rings. The van der Waals surface area contributed by atoms with Crippen LogP contribution in [0, 0.1) is 11.8 Å². The van der Waals surface area contributed by atoms with Crippen LogP contribution >= 0.6 is 11.8 Å². The largest absolute Gasteiger partial charge is 0.161 e. The summed E-state index contributed by atoms with van der Waals surface area (Å²) in [5, 5.41) is 0.756. The fourth-order valence-corrected chi connectivity index (χ4v) is 2.48. The van der Waals surface area contributed by atoms with Gasteiger partial charge in [-0.05, 0) is 30.9 Å². The minimum atomic E-state index is 0.752. The maximum absolute atomic E-state index is 4.15. The van der Waals surface area contributed by atoms with Gasteiger partial charge in [0.1, 0.15) is 0 Å². The molecule has 0 saturated heterocycles. The molecule has 0 heterocycles. The third-order valence-corrected chi connectivity index (χ3v) is 3.55. The number of allylic oxidation sites excluding steroid dienone is 1. The third kappa shape index (κ3) is 6.20. The second kappa shape index (κ2) is 6.53. The lowest BCUT2D eigenvalue weighted by Gasteiger charge is -2.20. The van der Waals surface area contributed by atoms with E-state index in [1.165, 1.54) is 18.4 Å². The van der Waals surface area contributed by atoms with Crippen LogP contribution < -0.4 is 0 Å². The van der Waals surface area contributed by atoms with Gasteiger partial charge in [0.05, 0.1) is 0 Å². The second-order valence-corrected chi connectivity index (χ2v) is 5.65. The first-order valence-corrected chi connectivity index (χ1v) is 6.45. The van der Waals surface area contributed by atoms with Crippen LogP contribution in [0.15, 0.2) is 12.2 Å². The molecule has 0 rings (SSSR count). The van der Waals surface area contributed by atoms with Crippen LogP contribution in [-0.4, -0.2) is 11.5 Å². The van der Waals surface area contributed by atoms with E-state index in [1.807, 2.05) is 11.8 Å². The molecule has 0 nitrogen and oxygen atoms in total. The van der Waals surface area contributed by atoms with Crippen molar-refractivity contribution in [2.45, 2.75) is 45.8 Å². The van der Waals surface area contributed by atoms with Gasteiger partial charge < -0.3 is 0 Å². The Balaban J connectivity index is 3.87. The molecule has 0 amide bonds. The number of thioether (sulfide) groups is 1. The van der Waals surface area contributed by atoms with E-state index in [0.717, 1.165) is 17.1 Å². The first kappa shape index (κ1) is 13.1. The lowest BCUT2D eigenvalue weighted by atomic mass is 9.97. The van der Waals surface area contributed by atoms with Gasteiger partial charge in [-0.15, -0.1) is 0 Å². The predicted octanol–water partition coefficient (Wildman–Crippen LogP) is 4.37. The van der Waals surface area contributed by atoms with Crippen molar-refractivity contribution in [2.75, 3.05) is 6.26 Å². The van der Waals surface area contributed by atoms with E-state index in [9.17, 15) is 0 Å². The number of hydrogen-bond acceptors (Lipinski definition) is 1. The molecule has 0 aliphatic carbocycles. The van der Waals surface area contributed by atoms with Crippen molar-refractivity contribution in [1.82, 2.24) is 0 Å². The smallest absolute Gasteiger partial charge is 0.0104 e. The van der Waals surface area contributed by atoms with Crippen molar-refractivity contribution in [3.8, 4) is 0 Å². The molecule has 78 valence electrons. The van der Waals surface area contributed by atoms with Crippen LogP contribution in [0.25, 0.3) is 0 Å². The van der Waals surface area contributed by atoms with Gasteiger partial charge in [-0.3, -0.25) is 0 Å². The van der Waals surface area contributed by atoms with Crippen LogP contribution in [0.3, 0.4) is 0 Å². The van der Waals surface area contributed by atoms with Crippen molar-refractivity contribution < 1.29 is 0 Å². The minimum absolute atomic E-state index is 0.752. The van der Waals surface area contributed by atoms with Gasteiger partial charge in [-0.2, -0.15) is 11.8 Å². The standard InChI is InChI=1S/C12H24S/c1-9(2)7-11(5)8-12(13-6)10(3)4/h9-10,12H,5,7-8H2,1-4,6H3. The van der Waals surface area contributed by atoms with E-state index >= 15 is 0 Å². The summed E-state index contributed by atoms with van der Waals surface area (Å²) in [5.41, 5.74) is 1.42. The summed E-state index contributed by atoms with van der Waals surface area (Å²) in [6.45, 7) is 13.3. The van der Waals surface area contributed by atoms with E-state index in [2.05, 4.69) is 40.5 Å². The summed E-state index contributed by atoms with van der Waals surface area (Å²) in [4.78, 5) is 0. The van der Waals surface area contributed by atoms with Crippen molar-refractivity contribution in [1.29, 1.82) is 0 Å². The highest BCUT2D eigenvalue weighted by Crippen LogP contribution is 2.25. The van der Waals surface area contributed by atoms with E-state index < -0.39 is 0 Å². The molecule has 0 fully saturated rings. The van der Waals surface area contributed by atoms with Crippen molar-refractivity contribution in [3.63, 3.8) is 0 Å². The summed E-state index contributed by atoms with van der Waals surface area (Å²) in [6, 6.07) is 0. The quantitative estimate of drug-likeness (QED) is 0.574. The van der Waals surface area contributed by atoms with E-state index in [4.69, 9.17) is 0 Å². The maximum atomic E-state index is 4.15. The fraction of sp³-hybridized carbons (Fsp3) is 0.833. The van der Waals surface area contributed by atoms with Gasteiger partial charge in [0, 0.05) is 5.25 Å². The predicted molar refractivity (Wildman–Crippen MR) is 65.4 cm³/mol. The van der Waals surface area contributed by atoms with E-state index in [-0.39, 0.29) is 0 Å². The highest BCUT2D eigenvalue weighted by atomic mass is 32.2. The molecule has 1 heteroatoms. The monoisotopic (exact) mass is 200 g/mol. The van der Waals surface area contributed by atoms with Gasteiger partial charge in [0.15, 0.2) is 0 Å². The van der Waals surface area contributed by atoms with Crippen molar-refractivity contribution in [2.24, 2.45) is 11.8 Å². The minimum Gasteiger partial charge on any atom is -0.161 e. The zero-order chi connectivity index (χ0) is 10.4. The fourth-order valence-electron chi connectivity index (χ4n) is 1.54. The van der Waals surface area contributed by atoms with E-state index in [1.54, 1.807) is 0 Å². The second-order valence-electron chi connectivity index (χ2n) is 4.57. The van der Waals surface area contributed by atoms with Gasteiger partial charge >= 0.3 is 0 Å². The summed E-state index contributed by atoms with van der Waals surface area (Å²) in [6.07, 6.45) is 4.58. The normalized spacial score (nSPS) is 13.8. The van der Waals surface area contributed by atoms with Crippen molar-refractivity contribution in [3.05, 3.63) is 12.2 Å². The van der Waals surface area contributed by atoms with Crippen LogP contribution in [0.4, 0.5) is 0 Å². The summed E-state index contributed by atoms with van der Waals surface area (Å²) < 4.78 is 0. The van der Waals surface area contributed by atoms with Gasteiger partial charge in [-0.25, -0.2) is 0 Å². The van der Waals surface area contributed by atoms with Gasteiger partial charge in [0.2, 0.25) is 0 Å². The molecule has 0 bridgehead atoms. The number of rotatable bonds is 6. The van der Waals surface area contributed by atoms with Crippen LogP contribution in [0.1, 0.15) is 40.5 Å². The first-order valence-electron chi connectivity index (χ1n) is 5.16. The SMILES string of the molecule is C=C(CC(C)C)CC(SC)C(C)C. The zero-order valence-corrected chi connectivity index (χ0v) is 10.6. The van der Waals surface area contributed by atoms with Gasteiger partial charge in [-0.1, -0.05) is 39.8 Å². The summed E-state index contributed by atoms with van der Waals surface area (Å²) in [5.74, 6) is 1.51. The molecule has 1 unspecified atom stereocenters. The highest BCUT2D eigenvalue weighted by Gasteiger charge is 2.13. The average molecular weight is 200 g/mol. The Morgan fingerprint density at radius 1 is 1.15 bits per heavy atom. The molecule has 1 atom stereocenters. The topological polar surface area (TPSA) is 0 Å². The van der Waals surface area contributed by atoms with Gasteiger partial charge in [0.25, 0.3) is 0 Å². The highest BCUT2D eigenvalue weighted by molar-refractivity contribution is 7.99. The molecule has 0 spiro atoms. The molecular weight excluding hydrogens is 176 g/mol. The van der Waals surface area contributed by atoms with Crippen molar-refractivity contribution >= 4 is 11.8 Å². The Kier molecular flexibility index (Phi) is 6.58. The Labute approximate surface area is 88.2 Å². The maximum Gasteiger partial charge on any atom is 0.0104 e. The third-order valence-electron chi connectivity index (χ3n) is 2.23. The summed E-state index contributed by atoms with van der Waals surface area (Å²) >= 11 is 1.97.